The van der Waals surface area contributed by atoms with Crippen LogP contribution >= 0.6 is 22.9 Å². The molecule has 0 spiro atoms. The van der Waals surface area contributed by atoms with Gasteiger partial charge in [-0.25, -0.2) is 9.97 Å². The second-order valence-electron chi connectivity index (χ2n) is 6.27. The predicted molar refractivity (Wildman–Crippen MR) is 111 cm³/mol. The molecule has 0 aliphatic carbocycles. The van der Waals surface area contributed by atoms with Gasteiger partial charge in [-0.3, -0.25) is 0 Å². The predicted octanol–water partition coefficient (Wildman–Crippen LogP) is 6.38. The standard InChI is InChI=1S/C21H11N3OS2/c1-2-4-17-15(3-1)23-20(25-17)12-7-8-16-19(9-12)26-21(24-16)13-5-6-14-11-22-27-18(14)10-13/h1-11H. The molecule has 0 aliphatic rings. The molecule has 27 heavy (non-hydrogen) atoms. The largest absolute Gasteiger partial charge is 0.436 e. The SMILES string of the molecule is c1ccc2oc(-c3ccc4nc(-c5ccc6cnsc6c5)sc4c3)nc2c1. The lowest BCUT2D eigenvalue weighted by molar-refractivity contribution is 0.620. The maximum Gasteiger partial charge on any atom is 0.227 e. The molecular weight excluding hydrogens is 374 g/mol. The molecule has 0 unspecified atom stereocenters. The van der Waals surface area contributed by atoms with Gasteiger partial charge < -0.3 is 4.42 Å². The van der Waals surface area contributed by atoms with E-state index < -0.39 is 0 Å². The minimum Gasteiger partial charge on any atom is -0.436 e. The smallest absolute Gasteiger partial charge is 0.227 e. The number of benzene rings is 3. The summed E-state index contributed by atoms with van der Waals surface area (Å²) < 4.78 is 12.4. The Balaban J connectivity index is 1.46. The van der Waals surface area contributed by atoms with Crippen LogP contribution in [-0.2, 0) is 0 Å². The van der Waals surface area contributed by atoms with Crippen LogP contribution in [0.25, 0.3) is 53.4 Å². The number of fused-ring (bicyclic) bond motifs is 3. The number of para-hydroxylation sites is 2. The molecule has 0 atom stereocenters. The second-order valence-corrected chi connectivity index (χ2v) is 8.13. The van der Waals surface area contributed by atoms with Gasteiger partial charge in [0.1, 0.15) is 10.5 Å². The molecule has 128 valence electrons. The van der Waals surface area contributed by atoms with Crippen molar-refractivity contribution < 1.29 is 4.42 Å². The summed E-state index contributed by atoms with van der Waals surface area (Å²) >= 11 is 3.19. The highest BCUT2D eigenvalue weighted by Crippen LogP contribution is 2.35. The maximum absolute atomic E-state index is 5.90. The van der Waals surface area contributed by atoms with Crippen LogP contribution in [0.5, 0.6) is 0 Å². The number of hydrogen-bond acceptors (Lipinski definition) is 6. The fourth-order valence-electron chi connectivity index (χ4n) is 3.17. The molecule has 6 heteroatoms. The summed E-state index contributed by atoms with van der Waals surface area (Å²) in [5.41, 5.74) is 4.74. The van der Waals surface area contributed by atoms with Crippen LogP contribution in [-0.4, -0.2) is 14.3 Å². The van der Waals surface area contributed by atoms with Crippen LogP contribution < -0.4 is 0 Å². The minimum absolute atomic E-state index is 0.638. The van der Waals surface area contributed by atoms with Crippen molar-refractivity contribution in [2.45, 2.75) is 0 Å². The van der Waals surface area contributed by atoms with Gasteiger partial charge in [0.2, 0.25) is 5.89 Å². The summed E-state index contributed by atoms with van der Waals surface area (Å²) in [5, 5.41) is 2.18. The van der Waals surface area contributed by atoms with Crippen molar-refractivity contribution in [3.8, 4) is 22.0 Å². The number of oxazole rings is 1. The zero-order chi connectivity index (χ0) is 17.8. The first-order valence-corrected chi connectivity index (χ1v) is 10.0. The van der Waals surface area contributed by atoms with E-state index >= 15 is 0 Å². The molecule has 0 amide bonds. The van der Waals surface area contributed by atoms with Crippen LogP contribution in [0, 0.1) is 0 Å². The van der Waals surface area contributed by atoms with Crippen LogP contribution in [0.2, 0.25) is 0 Å². The van der Waals surface area contributed by atoms with E-state index in [1.165, 1.54) is 21.6 Å². The molecule has 0 radical (unpaired) electrons. The summed E-state index contributed by atoms with van der Waals surface area (Å²) in [5.74, 6) is 0.638. The van der Waals surface area contributed by atoms with Gasteiger partial charge in [-0.15, -0.1) is 11.3 Å². The fraction of sp³-hybridized carbons (Fsp3) is 0. The molecule has 3 heterocycles. The van der Waals surface area contributed by atoms with Crippen molar-refractivity contribution >= 4 is 54.3 Å². The molecule has 0 saturated carbocycles. The minimum atomic E-state index is 0.638. The van der Waals surface area contributed by atoms with Gasteiger partial charge in [0.05, 0.1) is 14.9 Å². The Hall–Kier alpha value is -3.09. The normalized spacial score (nSPS) is 11.7. The van der Waals surface area contributed by atoms with E-state index in [1.54, 1.807) is 11.3 Å². The second kappa shape index (κ2) is 5.70. The van der Waals surface area contributed by atoms with Gasteiger partial charge in [-0.2, -0.15) is 4.37 Å². The molecule has 0 aliphatic heterocycles. The number of aromatic nitrogens is 3. The fourth-order valence-corrected chi connectivity index (χ4v) is 4.86. The zero-order valence-electron chi connectivity index (χ0n) is 13.9. The first-order chi connectivity index (χ1) is 13.3. The lowest BCUT2D eigenvalue weighted by Crippen LogP contribution is -1.77. The highest BCUT2D eigenvalue weighted by Gasteiger charge is 2.12. The summed E-state index contributed by atoms with van der Waals surface area (Å²) in [6.07, 6.45) is 1.90. The number of rotatable bonds is 2. The molecule has 0 saturated heterocycles. The van der Waals surface area contributed by atoms with Crippen molar-refractivity contribution in [2.24, 2.45) is 0 Å². The quantitative estimate of drug-likeness (QED) is 0.347. The van der Waals surface area contributed by atoms with Gasteiger partial charge in [0.15, 0.2) is 5.58 Å². The number of nitrogens with zero attached hydrogens (tertiary/aromatic N) is 3. The van der Waals surface area contributed by atoms with Crippen molar-refractivity contribution in [1.82, 2.24) is 14.3 Å². The van der Waals surface area contributed by atoms with Gasteiger partial charge in [-0.1, -0.05) is 24.3 Å². The molecular formula is C21H11N3OS2. The summed E-state index contributed by atoms with van der Waals surface area (Å²) in [6.45, 7) is 0. The van der Waals surface area contributed by atoms with E-state index in [0.717, 1.165) is 37.5 Å². The Morgan fingerprint density at radius 1 is 0.778 bits per heavy atom. The first kappa shape index (κ1) is 15.0. The van der Waals surface area contributed by atoms with Crippen LogP contribution in [0.3, 0.4) is 0 Å². The molecule has 4 nitrogen and oxygen atoms in total. The highest BCUT2D eigenvalue weighted by atomic mass is 32.1. The lowest BCUT2D eigenvalue weighted by atomic mass is 10.2. The average molecular weight is 385 g/mol. The molecule has 0 bridgehead atoms. The van der Waals surface area contributed by atoms with E-state index in [2.05, 4.69) is 33.6 Å². The summed E-state index contributed by atoms with van der Waals surface area (Å²) in [6, 6.07) is 20.3. The zero-order valence-corrected chi connectivity index (χ0v) is 15.6. The monoisotopic (exact) mass is 385 g/mol. The van der Waals surface area contributed by atoms with E-state index in [4.69, 9.17) is 9.40 Å². The third-order valence-electron chi connectivity index (χ3n) is 4.53. The number of hydrogen-bond donors (Lipinski definition) is 0. The Labute approximate surface area is 161 Å². The molecule has 0 N–H and O–H groups in total. The molecule has 6 rings (SSSR count). The molecule has 0 fully saturated rings. The Morgan fingerprint density at radius 2 is 1.67 bits per heavy atom. The lowest BCUT2D eigenvalue weighted by Gasteiger charge is -1.95. The van der Waals surface area contributed by atoms with Gasteiger partial charge in [-0.05, 0) is 47.9 Å². The Morgan fingerprint density at radius 3 is 2.63 bits per heavy atom. The molecule has 3 aromatic carbocycles. The van der Waals surface area contributed by atoms with Crippen molar-refractivity contribution in [3.63, 3.8) is 0 Å². The van der Waals surface area contributed by atoms with Crippen molar-refractivity contribution in [3.05, 3.63) is 66.9 Å². The van der Waals surface area contributed by atoms with E-state index in [1.807, 2.05) is 42.6 Å². The Bertz CT molecular complexity index is 1410. The van der Waals surface area contributed by atoms with Gasteiger partial charge >= 0.3 is 0 Å². The average Bonchev–Trinajstić information content (AvgIpc) is 3.42. The number of thiazole rings is 1. The summed E-state index contributed by atoms with van der Waals surface area (Å²) in [4.78, 5) is 9.40. The van der Waals surface area contributed by atoms with E-state index in [0.29, 0.717) is 5.89 Å². The topological polar surface area (TPSA) is 51.8 Å². The van der Waals surface area contributed by atoms with Crippen molar-refractivity contribution in [1.29, 1.82) is 0 Å². The molecule has 3 aromatic heterocycles. The maximum atomic E-state index is 5.90. The van der Waals surface area contributed by atoms with Crippen LogP contribution in [0.1, 0.15) is 0 Å². The van der Waals surface area contributed by atoms with Crippen LogP contribution in [0.4, 0.5) is 0 Å². The highest BCUT2D eigenvalue weighted by molar-refractivity contribution is 7.21. The molecule has 6 aromatic rings. The van der Waals surface area contributed by atoms with Gasteiger partial charge in [0, 0.05) is 22.7 Å². The van der Waals surface area contributed by atoms with E-state index in [9.17, 15) is 0 Å². The third kappa shape index (κ3) is 2.45. The third-order valence-corrected chi connectivity index (χ3v) is 6.36. The van der Waals surface area contributed by atoms with E-state index in [-0.39, 0.29) is 0 Å². The Kier molecular flexibility index (Phi) is 3.17. The van der Waals surface area contributed by atoms with Crippen LogP contribution in [0.15, 0.2) is 71.3 Å². The van der Waals surface area contributed by atoms with Crippen molar-refractivity contribution in [2.75, 3.05) is 0 Å². The van der Waals surface area contributed by atoms with Gasteiger partial charge in [0.25, 0.3) is 0 Å². The first-order valence-electron chi connectivity index (χ1n) is 8.45. The summed E-state index contributed by atoms with van der Waals surface area (Å²) in [7, 11) is 0.